The molecule has 0 atom stereocenters. The second-order valence-electron chi connectivity index (χ2n) is 5.36. The molecule has 3 nitrogen and oxygen atoms in total. The molecule has 0 radical (unpaired) electrons. The third-order valence-corrected chi connectivity index (χ3v) is 4.52. The summed E-state index contributed by atoms with van der Waals surface area (Å²) < 4.78 is 14.8. The Morgan fingerprint density at radius 1 is 1.00 bits per heavy atom. The minimum Gasteiger partial charge on any atom is -0.487 e. The van der Waals surface area contributed by atoms with Crippen molar-refractivity contribution in [3.63, 3.8) is 0 Å². The average molecular weight is 374 g/mol. The van der Waals surface area contributed by atoms with Gasteiger partial charge in [-0.25, -0.2) is 0 Å². The Bertz CT molecular complexity index is 793. The highest BCUT2D eigenvalue weighted by Crippen LogP contribution is 2.28. The minimum absolute atomic E-state index is 0.531. The molecule has 120 valence electrons. The number of rotatable bonds is 6. The van der Waals surface area contributed by atoms with Crippen molar-refractivity contribution in [1.29, 1.82) is 0 Å². The predicted octanol–water partition coefficient (Wildman–Crippen LogP) is 5.15. The van der Waals surface area contributed by atoms with Crippen LogP contribution in [0.25, 0.3) is 10.9 Å². The van der Waals surface area contributed by atoms with E-state index in [1.54, 1.807) is 7.11 Å². The number of halogens is 1. The number of benzene rings is 2. The number of aromatic nitrogens is 1. The lowest BCUT2D eigenvalue weighted by Gasteiger charge is -2.12. The van der Waals surface area contributed by atoms with Crippen LogP contribution in [0.1, 0.15) is 18.2 Å². The highest BCUT2D eigenvalue weighted by Gasteiger charge is 2.16. The van der Waals surface area contributed by atoms with Crippen LogP contribution in [0.4, 0.5) is 0 Å². The molecule has 0 aliphatic rings. The van der Waals surface area contributed by atoms with Crippen molar-refractivity contribution >= 4 is 26.8 Å². The first-order valence-corrected chi connectivity index (χ1v) is 8.50. The molecule has 4 heteroatoms. The van der Waals surface area contributed by atoms with E-state index < -0.39 is 0 Å². The Kier molecular flexibility index (Phi) is 5.03. The Morgan fingerprint density at radius 2 is 1.74 bits per heavy atom. The molecule has 1 heterocycles. The van der Waals surface area contributed by atoms with Gasteiger partial charge in [0.25, 0.3) is 0 Å². The third-order valence-electron chi connectivity index (χ3n) is 3.99. The van der Waals surface area contributed by atoms with E-state index in [0.29, 0.717) is 13.2 Å². The van der Waals surface area contributed by atoms with Gasteiger partial charge < -0.3 is 14.0 Å². The first-order chi connectivity index (χ1) is 11.2. The van der Waals surface area contributed by atoms with Crippen LogP contribution in [0.5, 0.6) is 5.75 Å². The summed E-state index contributed by atoms with van der Waals surface area (Å²) in [5.74, 6) is 0.865. The molecule has 0 amide bonds. The van der Waals surface area contributed by atoms with Gasteiger partial charge in [-0.1, -0.05) is 34.1 Å². The van der Waals surface area contributed by atoms with Gasteiger partial charge in [-0.3, -0.25) is 0 Å². The van der Waals surface area contributed by atoms with Gasteiger partial charge in [0, 0.05) is 34.6 Å². The van der Waals surface area contributed by atoms with E-state index in [9.17, 15) is 0 Å². The van der Waals surface area contributed by atoms with E-state index in [4.69, 9.17) is 9.47 Å². The number of hydrogen-bond donors (Lipinski definition) is 0. The van der Waals surface area contributed by atoms with Gasteiger partial charge in [0.15, 0.2) is 0 Å². The summed E-state index contributed by atoms with van der Waals surface area (Å²) in [5, 5.41) is 1.24. The van der Waals surface area contributed by atoms with Crippen molar-refractivity contribution in [2.75, 3.05) is 7.11 Å². The molecule has 0 unspecified atom stereocenters. The second kappa shape index (κ2) is 7.20. The number of para-hydroxylation sites is 1. The molecule has 0 N–H and O–H groups in total. The fourth-order valence-corrected chi connectivity index (χ4v) is 3.21. The topological polar surface area (TPSA) is 23.4 Å². The molecule has 0 aliphatic heterocycles. The quantitative estimate of drug-likeness (QED) is 0.596. The largest absolute Gasteiger partial charge is 0.487 e. The number of ether oxygens (including phenoxy) is 2. The van der Waals surface area contributed by atoms with Gasteiger partial charge in [0.1, 0.15) is 12.4 Å². The molecular weight excluding hydrogens is 354 g/mol. The summed E-state index contributed by atoms with van der Waals surface area (Å²) in [5.41, 5.74) is 3.62. The molecule has 0 bridgehead atoms. The first kappa shape index (κ1) is 16.1. The van der Waals surface area contributed by atoms with Crippen LogP contribution in [-0.2, 0) is 24.5 Å². The molecule has 0 fully saturated rings. The molecule has 0 saturated carbocycles. The SMILES string of the molecule is CCn1c(COc2ccc(Br)cc2)c(COC)c2ccccc21. The van der Waals surface area contributed by atoms with Gasteiger partial charge in [-0.2, -0.15) is 0 Å². The summed E-state index contributed by atoms with van der Waals surface area (Å²) in [7, 11) is 1.73. The molecule has 0 aliphatic carbocycles. The van der Waals surface area contributed by atoms with Crippen LogP contribution < -0.4 is 4.74 Å². The van der Waals surface area contributed by atoms with Crippen LogP contribution >= 0.6 is 15.9 Å². The summed E-state index contributed by atoms with van der Waals surface area (Å²) in [6.07, 6.45) is 0. The maximum Gasteiger partial charge on any atom is 0.129 e. The Hall–Kier alpha value is -1.78. The maximum absolute atomic E-state index is 6.01. The standard InChI is InChI=1S/C19H20BrNO2/c1-3-21-18-7-5-4-6-16(18)17(12-22-2)19(21)13-23-15-10-8-14(20)9-11-15/h4-11H,3,12-13H2,1-2H3. The second-order valence-corrected chi connectivity index (χ2v) is 6.28. The minimum atomic E-state index is 0.531. The zero-order chi connectivity index (χ0) is 16.2. The molecule has 0 saturated heterocycles. The van der Waals surface area contributed by atoms with Crippen molar-refractivity contribution in [2.45, 2.75) is 26.7 Å². The maximum atomic E-state index is 6.01. The van der Waals surface area contributed by atoms with Crippen molar-refractivity contribution in [3.05, 3.63) is 64.3 Å². The van der Waals surface area contributed by atoms with Crippen LogP contribution in [0.3, 0.4) is 0 Å². The number of aryl methyl sites for hydroxylation is 1. The average Bonchev–Trinajstić information content (AvgIpc) is 2.88. The molecular formula is C19H20BrNO2. The van der Waals surface area contributed by atoms with Gasteiger partial charge in [0.05, 0.1) is 12.3 Å². The molecule has 0 spiro atoms. The molecule has 2 aromatic carbocycles. The van der Waals surface area contributed by atoms with Gasteiger partial charge in [-0.15, -0.1) is 0 Å². The third kappa shape index (κ3) is 3.28. The Morgan fingerprint density at radius 3 is 2.43 bits per heavy atom. The van der Waals surface area contributed by atoms with E-state index in [0.717, 1.165) is 16.8 Å². The normalized spacial score (nSPS) is 11.1. The van der Waals surface area contributed by atoms with Gasteiger partial charge in [-0.05, 0) is 37.3 Å². The van der Waals surface area contributed by atoms with E-state index >= 15 is 0 Å². The highest BCUT2D eigenvalue weighted by atomic mass is 79.9. The zero-order valence-corrected chi connectivity index (χ0v) is 15.0. The number of hydrogen-bond acceptors (Lipinski definition) is 2. The molecule has 3 aromatic rings. The lowest BCUT2D eigenvalue weighted by molar-refractivity contribution is 0.182. The first-order valence-electron chi connectivity index (χ1n) is 7.71. The van der Waals surface area contributed by atoms with E-state index in [1.807, 2.05) is 24.3 Å². The van der Waals surface area contributed by atoms with Crippen LogP contribution in [-0.4, -0.2) is 11.7 Å². The molecule has 3 rings (SSSR count). The summed E-state index contributed by atoms with van der Waals surface area (Å²) in [4.78, 5) is 0. The molecule has 23 heavy (non-hydrogen) atoms. The van der Waals surface area contributed by atoms with Gasteiger partial charge in [0.2, 0.25) is 0 Å². The lowest BCUT2D eigenvalue weighted by Crippen LogP contribution is -2.07. The summed E-state index contributed by atoms with van der Waals surface area (Å²) >= 11 is 3.44. The van der Waals surface area contributed by atoms with Crippen molar-refractivity contribution in [3.8, 4) is 5.75 Å². The number of methoxy groups -OCH3 is 1. The Labute approximate surface area is 145 Å². The predicted molar refractivity (Wildman–Crippen MR) is 96.8 cm³/mol. The lowest BCUT2D eigenvalue weighted by atomic mass is 10.1. The smallest absolute Gasteiger partial charge is 0.129 e. The summed E-state index contributed by atoms with van der Waals surface area (Å²) in [6.45, 7) is 4.19. The fraction of sp³-hybridized carbons (Fsp3) is 0.263. The van der Waals surface area contributed by atoms with Gasteiger partial charge >= 0.3 is 0 Å². The monoisotopic (exact) mass is 373 g/mol. The van der Waals surface area contributed by atoms with Crippen LogP contribution in [0.2, 0.25) is 0 Å². The van der Waals surface area contributed by atoms with E-state index in [-0.39, 0.29) is 0 Å². The van der Waals surface area contributed by atoms with Crippen molar-refractivity contribution in [2.24, 2.45) is 0 Å². The zero-order valence-electron chi connectivity index (χ0n) is 13.4. The number of nitrogens with zero attached hydrogens (tertiary/aromatic N) is 1. The van der Waals surface area contributed by atoms with E-state index in [1.165, 1.54) is 22.2 Å². The van der Waals surface area contributed by atoms with Crippen LogP contribution in [0, 0.1) is 0 Å². The van der Waals surface area contributed by atoms with Crippen LogP contribution in [0.15, 0.2) is 53.0 Å². The van der Waals surface area contributed by atoms with Crippen molar-refractivity contribution in [1.82, 2.24) is 4.57 Å². The highest BCUT2D eigenvalue weighted by molar-refractivity contribution is 9.10. The number of fused-ring (bicyclic) bond motifs is 1. The molecule has 1 aromatic heterocycles. The van der Waals surface area contributed by atoms with E-state index in [2.05, 4.69) is 51.7 Å². The summed E-state index contributed by atoms with van der Waals surface area (Å²) in [6, 6.07) is 16.4. The fourth-order valence-electron chi connectivity index (χ4n) is 2.94. The van der Waals surface area contributed by atoms with Crippen molar-refractivity contribution < 1.29 is 9.47 Å². The Balaban J connectivity index is 1.97.